The number of amides is 1. The molecule has 0 fully saturated rings. The fraction of sp³-hybridized carbons (Fsp3) is 0.130. The van der Waals surface area contributed by atoms with Crippen LogP contribution in [0, 0.1) is 0 Å². The highest BCUT2D eigenvalue weighted by Crippen LogP contribution is 2.33. The number of aromatic nitrogens is 4. The number of ether oxygens (including phenoxy) is 2. The number of fused-ring (bicyclic) bond motifs is 1. The number of hydrogen-bond donors (Lipinski definition) is 1. The van der Waals surface area contributed by atoms with Gasteiger partial charge in [-0.3, -0.25) is 14.3 Å². The maximum Gasteiger partial charge on any atom is 0.234 e. The fourth-order valence-corrected chi connectivity index (χ4v) is 4.17. The molecule has 33 heavy (non-hydrogen) atoms. The number of anilines is 1. The smallest absolute Gasteiger partial charge is 0.234 e. The van der Waals surface area contributed by atoms with E-state index >= 15 is 0 Å². The normalized spacial score (nSPS) is 12.4. The molecule has 1 amide bonds. The summed E-state index contributed by atoms with van der Waals surface area (Å²) in [5.74, 6) is 1.83. The molecule has 1 N–H and O–H groups in total. The Bertz CT molecular complexity index is 1280. The third kappa shape index (κ3) is 4.79. The van der Waals surface area contributed by atoms with Crippen molar-refractivity contribution in [2.24, 2.45) is 0 Å². The van der Waals surface area contributed by atoms with Gasteiger partial charge in [-0.05, 0) is 48.5 Å². The Balaban J connectivity index is 1.35. The SMILES string of the molecule is O=C(CSc1nnc(-c2ccccn2)n1-c1ccc(Cl)cc1)Nc1ccc2c(c1)OCCO2. The summed E-state index contributed by atoms with van der Waals surface area (Å²) in [5, 5.41) is 12.7. The summed E-state index contributed by atoms with van der Waals surface area (Å²) in [7, 11) is 0. The molecule has 2 aromatic carbocycles. The summed E-state index contributed by atoms with van der Waals surface area (Å²) in [6.07, 6.45) is 1.70. The number of carbonyl (C=O) groups excluding carboxylic acids is 1. The second-order valence-electron chi connectivity index (χ2n) is 7.03. The predicted octanol–water partition coefficient (Wildman–Crippen LogP) is 4.48. The van der Waals surface area contributed by atoms with Gasteiger partial charge in [-0.25, -0.2) is 0 Å². The molecule has 2 aromatic heterocycles. The first kappa shape index (κ1) is 21.3. The molecule has 0 unspecified atom stereocenters. The Morgan fingerprint density at radius 1 is 1.03 bits per heavy atom. The molecule has 1 aliphatic rings. The van der Waals surface area contributed by atoms with Gasteiger partial charge in [0.15, 0.2) is 22.5 Å². The average Bonchev–Trinajstić information content (AvgIpc) is 3.28. The van der Waals surface area contributed by atoms with Gasteiger partial charge in [-0.2, -0.15) is 0 Å². The Labute approximate surface area is 198 Å². The molecule has 4 aromatic rings. The average molecular weight is 480 g/mol. The van der Waals surface area contributed by atoms with E-state index in [2.05, 4.69) is 20.5 Å². The molecule has 0 spiro atoms. The van der Waals surface area contributed by atoms with E-state index in [-0.39, 0.29) is 11.7 Å². The second-order valence-corrected chi connectivity index (χ2v) is 8.41. The van der Waals surface area contributed by atoms with Gasteiger partial charge < -0.3 is 14.8 Å². The third-order valence-electron chi connectivity index (χ3n) is 4.77. The minimum absolute atomic E-state index is 0.141. The molecule has 5 rings (SSSR count). The number of nitrogens with zero attached hydrogens (tertiary/aromatic N) is 4. The lowest BCUT2D eigenvalue weighted by Crippen LogP contribution is -2.17. The largest absolute Gasteiger partial charge is 0.486 e. The molecular formula is C23H18ClN5O3S. The number of nitrogens with one attached hydrogen (secondary N) is 1. The van der Waals surface area contributed by atoms with E-state index in [1.807, 2.05) is 34.9 Å². The quantitative estimate of drug-likeness (QED) is 0.407. The van der Waals surface area contributed by atoms with Crippen LogP contribution in [0.4, 0.5) is 5.69 Å². The van der Waals surface area contributed by atoms with Crippen LogP contribution >= 0.6 is 23.4 Å². The lowest BCUT2D eigenvalue weighted by molar-refractivity contribution is -0.113. The zero-order chi connectivity index (χ0) is 22.6. The van der Waals surface area contributed by atoms with Gasteiger partial charge in [0.1, 0.15) is 18.9 Å². The number of hydrogen-bond acceptors (Lipinski definition) is 7. The molecule has 10 heteroatoms. The molecule has 0 saturated heterocycles. The number of thioether (sulfide) groups is 1. The Morgan fingerprint density at radius 3 is 2.64 bits per heavy atom. The molecular weight excluding hydrogens is 462 g/mol. The molecule has 0 saturated carbocycles. The maximum absolute atomic E-state index is 12.6. The van der Waals surface area contributed by atoms with E-state index in [1.54, 1.807) is 36.5 Å². The fourth-order valence-electron chi connectivity index (χ4n) is 3.30. The summed E-state index contributed by atoms with van der Waals surface area (Å²) < 4.78 is 13.0. The van der Waals surface area contributed by atoms with Crippen molar-refractivity contribution >= 4 is 35.0 Å². The Hall–Kier alpha value is -3.56. The zero-order valence-electron chi connectivity index (χ0n) is 17.3. The number of benzene rings is 2. The van der Waals surface area contributed by atoms with Crippen LogP contribution in [0.25, 0.3) is 17.2 Å². The monoisotopic (exact) mass is 479 g/mol. The van der Waals surface area contributed by atoms with Gasteiger partial charge in [0, 0.05) is 28.7 Å². The van der Waals surface area contributed by atoms with Crippen LogP contribution in [0.5, 0.6) is 11.5 Å². The standard InChI is InChI=1S/C23H18ClN5O3S/c24-15-4-7-17(8-5-15)29-22(18-3-1-2-10-25-18)27-28-23(29)33-14-21(30)26-16-6-9-19-20(13-16)32-12-11-31-19/h1-10,13H,11-12,14H2,(H,26,30). The van der Waals surface area contributed by atoms with Crippen molar-refractivity contribution in [3.63, 3.8) is 0 Å². The van der Waals surface area contributed by atoms with Gasteiger partial charge in [0.05, 0.1) is 5.75 Å². The summed E-state index contributed by atoms with van der Waals surface area (Å²) in [6, 6.07) is 18.2. The van der Waals surface area contributed by atoms with E-state index in [4.69, 9.17) is 21.1 Å². The molecule has 166 valence electrons. The summed E-state index contributed by atoms with van der Waals surface area (Å²) in [5.41, 5.74) is 2.13. The first-order valence-electron chi connectivity index (χ1n) is 10.1. The molecule has 0 bridgehead atoms. The van der Waals surface area contributed by atoms with Crippen LogP contribution in [0.15, 0.2) is 72.0 Å². The van der Waals surface area contributed by atoms with Crippen molar-refractivity contribution in [2.75, 3.05) is 24.3 Å². The number of halogens is 1. The van der Waals surface area contributed by atoms with E-state index in [0.717, 1.165) is 5.69 Å². The van der Waals surface area contributed by atoms with E-state index < -0.39 is 0 Å². The molecule has 0 atom stereocenters. The van der Waals surface area contributed by atoms with Gasteiger partial charge in [0.2, 0.25) is 5.91 Å². The van der Waals surface area contributed by atoms with E-state index in [9.17, 15) is 4.79 Å². The van der Waals surface area contributed by atoms with Crippen LogP contribution in [-0.4, -0.2) is 44.6 Å². The van der Waals surface area contributed by atoms with E-state index in [1.165, 1.54) is 11.8 Å². The summed E-state index contributed by atoms with van der Waals surface area (Å²) in [4.78, 5) is 17.0. The highest BCUT2D eigenvalue weighted by molar-refractivity contribution is 7.99. The van der Waals surface area contributed by atoms with Gasteiger partial charge >= 0.3 is 0 Å². The Kier molecular flexibility index (Phi) is 6.14. The Morgan fingerprint density at radius 2 is 1.85 bits per heavy atom. The highest BCUT2D eigenvalue weighted by atomic mass is 35.5. The van der Waals surface area contributed by atoms with Crippen molar-refractivity contribution < 1.29 is 14.3 Å². The van der Waals surface area contributed by atoms with Gasteiger partial charge in [0.25, 0.3) is 0 Å². The number of rotatable bonds is 6. The van der Waals surface area contributed by atoms with Crippen LogP contribution in [0.3, 0.4) is 0 Å². The molecule has 0 aliphatic carbocycles. The van der Waals surface area contributed by atoms with Crippen molar-refractivity contribution in [1.82, 2.24) is 19.7 Å². The van der Waals surface area contributed by atoms with Crippen molar-refractivity contribution in [2.45, 2.75) is 5.16 Å². The predicted molar refractivity (Wildman–Crippen MR) is 126 cm³/mol. The lowest BCUT2D eigenvalue weighted by atomic mass is 10.2. The summed E-state index contributed by atoms with van der Waals surface area (Å²) in [6.45, 7) is 1.00. The molecule has 1 aliphatic heterocycles. The minimum atomic E-state index is -0.179. The van der Waals surface area contributed by atoms with Crippen molar-refractivity contribution in [1.29, 1.82) is 0 Å². The second kappa shape index (κ2) is 9.51. The number of pyridine rings is 1. The van der Waals surface area contributed by atoms with Gasteiger partial charge in [-0.1, -0.05) is 29.4 Å². The first-order chi connectivity index (χ1) is 16.2. The van der Waals surface area contributed by atoms with Gasteiger partial charge in [-0.15, -0.1) is 10.2 Å². The zero-order valence-corrected chi connectivity index (χ0v) is 18.8. The minimum Gasteiger partial charge on any atom is -0.486 e. The molecule has 3 heterocycles. The van der Waals surface area contributed by atoms with Crippen LogP contribution in [0.2, 0.25) is 5.02 Å². The molecule has 0 radical (unpaired) electrons. The van der Waals surface area contributed by atoms with E-state index in [0.29, 0.717) is 52.1 Å². The topological polar surface area (TPSA) is 91.2 Å². The summed E-state index contributed by atoms with van der Waals surface area (Å²) >= 11 is 7.34. The van der Waals surface area contributed by atoms with Crippen LogP contribution < -0.4 is 14.8 Å². The maximum atomic E-state index is 12.6. The molecule has 8 nitrogen and oxygen atoms in total. The lowest BCUT2D eigenvalue weighted by Gasteiger charge is -2.19. The first-order valence-corrected chi connectivity index (χ1v) is 11.5. The van der Waals surface area contributed by atoms with Crippen LogP contribution in [0.1, 0.15) is 0 Å². The third-order valence-corrected chi connectivity index (χ3v) is 5.95. The van der Waals surface area contributed by atoms with Crippen molar-refractivity contribution in [3.05, 3.63) is 71.9 Å². The van der Waals surface area contributed by atoms with Crippen molar-refractivity contribution in [3.8, 4) is 28.7 Å². The van der Waals surface area contributed by atoms with Crippen LogP contribution in [-0.2, 0) is 4.79 Å². The highest BCUT2D eigenvalue weighted by Gasteiger charge is 2.19. The number of carbonyl (C=O) groups is 1.